The van der Waals surface area contributed by atoms with Crippen LogP contribution in [0.2, 0.25) is 5.31 Å². The third kappa shape index (κ3) is 4.87. The van der Waals surface area contributed by atoms with Gasteiger partial charge in [0.1, 0.15) is 13.7 Å². The summed E-state index contributed by atoms with van der Waals surface area (Å²) in [5.74, 6) is 5.05. The molecule has 2 aromatic rings. The fourth-order valence-corrected chi connectivity index (χ4v) is 6.87. The van der Waals surface area contributed by atoms with Crippen molar-refractivity contribution in [3.8, 4) is 12.3 Å². The zero-order chi connectivity index (χ0) is 25.7. The topological polar surface area (TPSA) is 44.3 Å². The molecule has 1 saturated carbocycles. The Morgan fingerprint density at radius 3 is 2.64 bits per heavy atom. The van der Waals surface area contributed by atoms with Gasteiger partial charge < -0.3 is 15.1 Å². The maximum Gasteiger partial charge on any atom is 0.163 e. The lowest BCUT2D eigenvalue weighted by Gasteiger charge is -2.57. The van der Waals surface area contributed by atoms with Crippen LogP contribution in [0.3, 0.4) is 0 Å². The number of aromatic nitrogens is 2. The lowest BCUT2D eigenvalue weighted by molar-refractivity contribution is -0.00471. The van der Waals surface area contributed by atoms with Crippen molar-refractivity contribution in [1.82, 2.24) is 14.9 Å². The van der Waals surface area contributed by atoms with Gasteiger partial charge in [-0.2, -0.15) is 0 Å². The largest absolute Gasteiger partial charge is 0.361 e. The van der Waals surface area contributed by atoms with Crippen molar-refractivity contribution in [2.45, 2.75) is 77.7 Å². The summed E-state index contributed by atoms with van der Waals surface area (Å²) in [7, 11) is 2.52. The van der Waals surface area contributed by atoms with Gasteiger partial charge in [0.05, 0.1) is 12.2 Å². The minimum absolute atomic E-state index is 0.0926. The number of hydrogen-bond donors (Lipinski definition) is 1. The highest BCUT2D eigenvalue weighted by Gasteiger charge is 2.48. The van der Waals surface area contributed by atoms with Crippen LogP contribution in [-0.2, 0) is 0 Å². The summed E-state index contributed by atoms with van der Waals surface area (Å²) in [4.78, 5) is 14.7. The smallest absolute Gasteiger partial charge is 0.163 e. The standard InChI is InChI=1S/C30H42BN5/c1-7-26-28(33-22(4)25-10-9-20(2)13-21(25)3)34-27(16-32-26)36-17-23(18-36)30(31)11-8-12-35(19-30)24-14-29(5,6)15-24/h1,9-10,13,16,22-24H,8,11-12,14-15,17-19,31H2,2-6H3,(H,33,34)/t22-,30-/m1/s1. The van der Waals surface area contributed by atoms with Gasteiger partial charge in [-0.3, -0.25) is 0 Å². The molecule has 3 heterocycles. The molecule has 0 bridgehead atoms. The van der Waals surface area contributed by atoms with E-state index >= 15 is 0 Å². The van der Waals surface area contributed by atoms with E-state index in [0.29, 0.717) is 28.2 Å². The second-order valence-electron chi connectivity index (χ2n) is 12.9. The number of piperidine rings is 1. The number of nitrogens with one attached hydrogen (secondary N) is 1. The van der Waals surface area contributed by atoms with Gasteiger partial charge in [0.2, 0.25) is 0 Å². The summed E-state index contributed by atoms with van der Waals surface area (Å²) in [5, 5.41) is 3.94. The number of benzene rings is 1. The predicted octanol–water partition coefficient (Wildman–Crippen LogP) is 4.76. The van der Waals surface area contributed by atoms with Crippen molar-refractivity contribution in [3.63, 3.8) is 0 Å². The molecule has 1 aliphatic carbocycles. The van der Waals surface area contributed by atoms with E-state index in [2.05, 4.69) is 86.7 Å². The molecular formula is C30H42BN5. The third-order valence-corrected chi connectivity index (χ3v) is 9.18. The molecule has 5 rings (SSSR count). The lowest BCUT2D eigenvalue weighted by atomic mass is 9.54. The summed E-state index contributed by atoms with van der Waals surface area (Å²) >= 11 is 0. The van der Waals surface area contributed by atoms with Crippen molar-refractivity contribution in [3.05, 3.63) is 46.8 Å². The molecule has 0 spiro atoms. The van der Waals surface area contributed by atoms with Crippen molar-refractivity contribution in [2.75, 3.05) is 36.4 Å². The van der Waals surface area contributed by atoms with Crippen LogP contribution < -0.4 is 10.2 Å². The molecule has 3 aliphatic rings. The van der Waals surface area contributed by atoms with Crippen LogP contribution in [-0.4, -0.2) is 54.9 Å². The highest BCUT2D eigenvalue weighted by molar-refractivity contribution is 6.16. The van der Waals surface area contributed by atoms with E-state index in [1.54, 1.807) is 0 Å². The quantitative estimate of drug-likeness (QED) is 0.474. The molecule has 2 aliphatic heterocycles. The van der Waals surface area contributed by atoms with Crippen molar-refractivity contribution < 1.29 is 0 Å². The van der Waals surface area contributed by atoms with Gasteiger partial charge in [-0.05, 0) is 86.8 Å². The van der Waals surface area contributed by atoms with E-state index in [4.69, 9.17) is 11.4 Å². The van der Waals surface area contributed by atoms with Gasteiger partial charge in [-0.25, -0.2) is 9.97 Å². The zero-order valence-corrected chi connectivity index (χ0v) is 23.1. The third-order valence-electron chi connectivity index (χ3n) is 9.18. The molecule has 0 unspecified atom stereocenters. The number of nitrogens with zero attached hydrogens (tertiary/aromatic N) is 4. The summed E-state index contributed by atoms with van der Waals surface area (Å²) in [6, 6.07) is 7.45. The fraction of sp³-hybridized carbons (Fsp3) is 0.600. The highest BCUT2D eigenvalue weighted by Crippen LogP contribution is 2.50. The van der Waals surface area contributed by atoms with Crippen molar-refractivity contribution in [2.24, 2.45) is 11.3 Å². The minimum Gasteiger partial charge on any atom is -0.361 e. The molecule has 6 heteroatoms. The first-order valence-corrected chi connectivity index (χ1v) is 13.7. The molecule has 3 fully saturated rings. The van der Waals surface area contributed by atoms with Crippen molar-refractivity contribution >= 4 is 19.5 Å². The number of anilines is 2. The summed E-state index contributed by atoms with van der Waals surface area (Å²) in [5.41, 5.74) is 4.91. The van der Waals surface area contributed by atoms with Gasteiger partial charge in [0, 0.05) is 19.1 Å². The van der Waals surface area contributed by atoms with E-state index in [1.165, 1.54) is 55.5 Å². The first kappa shape index (κ1) is 25.1. The number of rotatable bonds is 6. The maximum atomic E-state index is 5.78. The molecule has 0 amide bonds. The van der Waals surface area contributed by atoms with Crippen LogP contribution in [0.4, 0.5) is 11.6 Å². The Hall–Kier alpha value is -2.52. The van der Waals surface area contributed by atoms with Crippen LogP contribution in [0, 0.1) is 37.5 Å². The normalized spacial score (nSPS) is 25.5. The predicted molar refractivity (Wildman–Crippen MR) is 152 cm³/mol. The minimum atomic E-state index is 0.0926. The summed E-state index contributed by atoms with van der Waals surface area (Å²) in [6.07, 6.45) is 13.0. The highest BCUT2D eigenvalue weighted by atomic mass is 15.3. The Kier molecular flexibility index (Phi) is 6.58. The summed E-state index contributed by atoms with van der Waals surface area (Å²) < 4.78 is 0. The van der Waals surface area contributed by atoms with Crippen LogP contribution in [0.5, 0.6) is 0 Å². The first-order chi connectivity index (χ1) is 17.1. The molecule has 190 valence electrons. The zero-order valence-electron chi connectivity index (χ0n) is 23.1. The average Bonchev–Trinajstić information content (AvgIpc) is 2.76. The Morgan fingerprint density at radius 2 is 1.97 bits per heavy atom. The molecular weight excluding hydrogens is 441 g/mol. The lowest BCUT2D eigenvalue weighted by Crippen LogP contribution is -2.59. The maximum absolute atomic E-state index is 5.78. The number of terminal acetylenes is 1. The van der Waals surface area contributed by atoms with Crippen LogP contribution in [0.15, 0.2) is 24.4 Å². The Labute approximate surface area is 218 Å². The average molecular weight is 484 g/mol. The Morgan fingerprint density at radius 1 is 1.22 bits per heavy atom. The van der Waals surface area contributed by atoms with Gasteiger partial charge in [-0.15, -0.1) is 6.42 Å². The van der Waals surface area contributed by atoms with Crippen LogP contribution in [0.25, 0.3) is 0 Å². The molecule has 2 saturated heterocycles. The molecule has 5 nitrogen and oxygen atoms in total. The monoisotopic (exact) mass is 483 g/mol. The SMILES string of the molecule is B[C@]1(C2CN(c3cnc(C#C)c(N[C@H](C)c4ccc(C)cc4C)n3)C2)CCCN(C2CC(C)(C)C2)C1. The fourth-order valence-electron chi connectivity index (χ4n) is 6.87. The molecule has 36 heavy (non-hydrogen) atoms. The molecule has 2 atom stereocenters. The molecule has 1 aromatic heterocycles. The Bertz CT molecular complexity index is 1160. The number of likely N-dealkylation sites (tertiary alicyclic amines) is 1. The van der Waals surface area contributed by atoms with E-state index in [9.17, 15) is 0 Å². The first-order valence-electron chi connectivity index (χ1n) is 13.7. The van der Waals surface area contributed by atoms with Gasteiger partial charge in [0.25, 0.3) is 0 Å². The van der Waals surface area contributed by atoms with Gasteiger partial charge >= 0.3 is 0 Å². The van der Waals surface area contributed by atoms with Crippen LogP contribution >= 0.6 is 0 Å². The van der Waals surface area contributed by atoms with E-state index < -0.39 is 0 Å². The van der Waals surface area contributed by atoms with E-state index in [-0.39, 0.29) is 6.04 Å². The molecule has 1 aromatic carbocycles. The van der Waals surface area contributed by atoms with E-state index in [1.807, 2.05) is 6.20 Å². The van der Waals surface area contributed by atoms with Crippen LogP contribution in [0.1, 0.15) is 74.9 Å². The van der Waals surface area contributed by atoms with Crippen molar-refractivity contribution in [1.29, 1.82) is 0 Å². The number of hydrogen-bond acceptors (Lipinski definition) is 5. The van der Waals surface area contributed by atoms with Gasteiger partial charge in [-0.1, -0.05) is 44.0 Å². The number of aryl methyl sites for hydroxylation is 2. The second-order valence-corrected chi connectivity index (χ2v) is 12.9. The molecule has 0 radical (unpaired) electrons. The van der Waals surface area contributed by atoms with E-state index in [0.717, 1.165) is 24.9 Å². The Balaban J connectivity index is 1.24. The van der Waals surface area contributed by atoms with Gasteiger partial charge in [0.15, 0.2) is 11.5 Å². The summed E-state index contributed by atoms with van der Waals surface area (Å²) in [6.45, 7) is 15.9. The second kappa shape index (κ2) is 9.41. The molecule has 1 N–H and O–H groups in total.